The summed E-state index contributed by atoms with van der Waals surface area (Å²) in [5, 5.41) is 3.19. The molecule has 0 saturated heterocycles. The van der Waals surface area contributed by atoms with Crippen LogP contribution in [0.1, 0.15) is 25.7 Å². The van der Waals surface area contributed by atoms with Gasteiger partial charge in [-0.1, -0.05) is 32.5 Å². The van der Waals surface area contributed by atoms with Crippen molar-refractivity contribution in [2.75, 3.05) is 27.2 Å². The van der Waals surface area contributed by atoms with E-state index in [2.05, 4.69) is 36.6 Å². The van der Waals surface area contributed by atoms with E-state index >= 15 is 0 Å². The van der Waals surface area contributed by atoms with E-state index in [1.807, 2.05) is 7.05 Å². The third-order valence-electron chi connectivity index (χ3n) is 2.82. The van der Waals surface area contributed by atoms with Gasteiger partial charge >= 0.3 is 0 Å². The quantitative estimate of drug-likeness (QED) is 0.495. The molecule has 14 heavy (non-hydrogen) atoms. The molecule has 3 heteroatoms. The smallest absolute Gasteiger partial charge is 0.118 e. The Kier molecular flexibility index (Phi) is 7.50. The van der Waals surface area contributed by atoms with Gasteiger partial charge in [-0.25, -0.2) is 0 Å². The zero-order valence-corrected chi connectivity index (χ0v) is 11.7. The van der Waals surface area contributed by atoms with Crippen LogP contribution < -0.4 is 5.32 Å². The van der Waals surface area contributed by atoms with Gasteiger partial charge in [-0.3, -0.25) is 0 Å². The van der Waals surface area contributed by atoms with Crippen molar-refractivity contribution in [2.24, 2.45) is 0 Å². The number of hydrogen-bond acceptors (Lipinski definition) is 2. The maximum Gasteiger partial charge on any atom is 0.118 e. The first kappa shape index (κ1) is 14.1. The molecule has 1 N–H and O–H groups in total. The van der Waals surface area contributed by atoms with Crippen LogP contribution in [0, 0.1) is 0 Å². The minimum Gasteiger partial charge on any atom is -0.327 e. The Labute approximate surface area is 91.2 Å². The molecule has 0 aliphatic heterocycles. The van der Waals surface area contributed by atoms with E-state index in [1.165, 1.54) is 38.8 Å². The fourth-order valence-corrected chi connectivity index (χ4v) is 2.17. The Morgan fingerprint density at radius 3 is 2.07 bits per heavy atom. The van der Waals surface area contributed by atoms with E-state index in [9.17, 15) is 0 Å². The van der Waals surface area contributed by atoms with Gasteiger partial charge in [0.05, 0.1) is 0 Å². The molecule has 0 bridgehead atoms. The summed E-state index contributed by atoms with van der Waals surface area (Å²) in [7, 11) is 3.29. The molecule has 0 spiro atoms. The van der Waals surface area contributed by atoms with Gasteiger partial charge in [-0.15, -0.1) is 0 Å². The van der Waals surface area contributed by atoms with Crippen molar-refractivity contribution in [3.05, 3.63) is 0 Å². The van der Waals surface area contributed by atoms with Crippen LogP contribution in [-0.4, -0.2) is 40.0 Å². The van der Waals surface area contributed by atoms with Crippen LogP contribution in [0.4, 0.5) is 0 Å². The lowest BCUT2D eigenvalue weighted by Crippen LogP contribution is -2.43. The fourth-order valence-electron chi connectivity index (χ4n) is 1.34. The molecule has 0 atom stereocenters. The van der Waals surface area contributed by atoms with Gasteiger partial charge in [-0.2, -0.15) is 0 Å². The second kappa shape index (κ2) is 7.43. The van der Waals surface area contributed by atoms with Crippen molar-refractivity contribution in [3.8, 4) is 0 Å². The van der Waals surface area contributed by atoms with Crippen molar-refractivity contribution in [2.45, 2.75) is 45.3 Å². The van der Waals surface area contributed by atoms with Crippen molar-refractivity contribution in [1.29, 1.82) is 0 Å². The highest BCUT2D eigenvalue weighted by atomic mass is 28.3. The highest BCUT2D eigenvalue weighted by Crippen LogP contribution is 2.08. The average Bonchev–Trinajstić information content (AvgIpc) is 2.09. The first-order valence-electron chi connectivity index (χ1n) is 5.84. The molecule has 0 aromatic rings. The molecule has 0 unspecified atom stereocenters. The lowest BCUT2D eigenvalue weighted by Gasteiger charge is -2.29. The molecular weight excluding hydrogens is 188 g/mol. The molecular formula is C11H28N2Si. The topological polar surface area (TPSA) is 15.3 Å². The van der Waals surface area contributed by atoms with Crippen molar-refractivity contribution < 1.29 is 0 Å². The number of hydrogen-bond donors (Lipinski definition) is 1. The SMILES string of the molecule is CNCCCCCCN(C)[Si](C)(C)C. The maximum atomic E-state index is 3.19. The van der Waals surface area contributed by atoms with Gasteiger partial charge in [0.15, 0.2) is 0 Å². The van der Waals surface area contributed by atoms with Crippen molar-refractivity contribution in [3.63, 3.8) is 0 Å². The lowest BCUT2D eigenvalue weighted by molar-refractivity contribution is 0.471. The van der Waals surface area contributed by atoms with Gasteiger partial charge < -0.3 is 9.88 Å². The van der Waals surface area contributed by atoms with Crippen molar-refractivity contribution >= 4 is 8.24 Å². The van der Waals surface area contributed by atoms with Gasteiger partial charge in [-0.05, 0) is 40.0 Å². The van der Waals surface area contributed by atoms with Crippen LogP contribution in [-0.2, 0) is 0 Å². The summed E-state index contributed by atoms with van der Waals surface area (Å²) in [6.45, 7) is 9.69. The first-order chi connectivity index (χ1) is 6.48. The highest BCUT2D eigenvalue weighted by molar-refractivity contribution is 6.73. The summed E-state index contributed by atoms with van der Waals surface area (Å²) < 4.78 is 2.57. The first-order valence-corrected chi connectivity index (χ1v) is 9.29. The zero-order valence-electron chi connectivity index (χ0n) is 10.7. The summed E-state index contributed by atoms with van der Waals surface area (Å²) in [4.78, 5) is 0. The predicted molar refractivity (Wildman–Crippen MR) is 68.4 cm³/mol. The summed E-state index contributed by atoms with van der Waals surface area (Å²) in [5.41, 5.74) is 0. The standard InChI is InChI=1S/C11H28N2Si/c1-12-10-8-6-7-9-11-13(2)14(3,4)5/h12H,6-11H2,1-5H3. The Balaban J connectivity index is 3.28. The van der Waals surface area contributed by atoms with E-state index in [0.29, 0.717) is 0 Å². The van der Waals surface area contributed by atoms with E-state index in [1.54, 1.807) is 0 Å². The van der Waals surface area contributed by atoms with Crippen LogP contribution in [0.25, 0.3) is 0 Å². The summed E-state index contributed by atoms with van der Waals surface area (Å²) in [6.07, 6.45) is 5.45. The fraction of sp³-hybridized carbons (Fsp3) is 1.00. The van der Waals surface area contributed by atoms with Gasteiger partial charge in [0.1, 0.15) is 8.24 Å². The molecule has 0 aromatic heterocycles. The number of rotatable bonds is 8. The van der Waals surface area contributed by atoms with Crippen LogP contribution in [0.2, 0.25) is 19.6 Å². The molecule has 0 heterocycles. The van der Waals surface area contributed by atoms with Gasteiger partial charge in [0.25, 0.3) is 0 Å². The largest absolute Gasteiger partial charge is 0.327 e. The molecule has 0 aromatic carbocycles. The van der Waals surface area contributed by atoms with E-state index in [-0.39, 0.29) is 0 Å². The predicted octanol–water partition coefficient (Wildman–Crippen LogP) is 2.53. The van der Waals surface area contributed by atoms with Crippen LogP contribution in [0.3, 0.4) is 0 Å². The second-order valence-electron chi connectivity index (χ2n) is 5.11. The molecule has 0 aliphatic carbocycles. The average molecular weight is 216 g/mol. The molecule has 0 aliphatic rings. The number of unbranched alkanes of at least 4 members (excludes halogenated alkanes) is 3. The molecule has 2 nitrogen and oxygen atoms in total. The minimum atomic E-state index is -1.01. The summed E-state index contributed by atoms with van der Waals surface area (Å²) in [6, 6.07) is 0. The van der Waals surface area contributed by atoms with Gasteiger partial charge in [0, 0.05) is 0 Å². The summed E-state index contributed by atoms with van der Waals surface area (Å²) in [5.74, 6) is 0. The molecule has 0 rings (SSSR count). The molecule has 0 saturated carbocycles. The molecule has 0 radical (unpaired) electrons. The lowest BCUT2D eigenvalue weighted by atomic mass is 10.2. The molecule has 0 fully saturated rings. The van der Waals surface area contributed by atoms with E-state index in [4.69, 9.17) is 0 Å². The third kappa shape index (κ3) is 7.53. The van der Waals surface area contributed by atoms with Crippen LogP contribution >= 0.6 is 0 Å². The van der Waals surface area contributed by atoms with E-state index < -0.39 is 8.24 Å². The molecule has 86 valence electrons. The Bertz CT molecular complexity index is 132. The summed E-state index contributed by atoms with van der Waals surface area (Å²) >= 11 is 0. The third-order valence-corrected chi connectivity index (χ3v) is 5.33. The molecule has 0 amide bonds. The maximum absolute atomic E-state index is 3.19. The normalized spacial score (nSPS) is 12.4. The van der Waals surface area contributed by atoms with Crippen LogP contribution in [0.15, 0.2) is 0 Å². The number of nitrogens with one attached hydrogen (secondary N) is 1. The minimum absolute atomic E-state index is 1.01. The highest BCUT2D eigenvalue weighted by Gasteiger charge is 2.18. The van der Waals surface area contributed by atoms with Crippen LogP contribution in [0.5, 0.6) is 0 Å². The van der Waals surface area contributed by atoms with E-state index in [0.717, 1.165) is 0 Å². The Morgan fingerprint density at radius 1 is 1.00 bits per heavy atom. The Hall–Kier alpha value is 0.137. The zero-order chi connectivity index (χ0) is 11.0. The Morgan fingerprint density at radius 2 is 1.57 bits per heavy atom. The monoisotopic (exact) mass is 216 g/mol. The number of nitrogens with zero attached hydrogens (tertiary/aromatic N) is 1. The second-order valence-corrected chi connectivity index (χ2v) is 10.2. The van der Waals surface area contributed by atoms with Crippen molar-refractivity contribution in [1.82, 2.24) is 9.88 Å². The van der Waals surface area contributed by atoms with Gasteiger partial charge in [0.2, 0.25) is 0 Å².